The van der Waals surface area contributed by atoms with Gasteiger partial charge in [0.05, 0.1) is 0 Å². The summed E-state index contributed by atoms with van der Waals surface area (Å²) in [5, 5.41) is 3.95. The van der Waals surface area contributed by atoms with Crippen LogP contribution in [0.25, 0.3) is 5.82 Å². The van der Waals surface area contributed by atoms with E-state index in [9.17, 15) is 4.79 Å². The van der Waals surface area contributed by atoms with Crippen molar-refractivity contribution in [2.75, 3.05) is 5.73 Å². The molecule has 0 radical (unpaired) electrons. The number of nitrogen functional groups attached to an aromatic ring is 1. The molecule has 0 unspecified atom stereocenters. The number of nitrogens with zero attached hydrogens (tertiary/aromatic N) is 4. The van der Waals surface area contributed by atoms with Crippen LogP contribution < -0.4 is 11.5 Å². The molecule has 0 spiro atoms. The first-order valence-electron chi connectivity index (χ1n) is 4.52. The number of anilines is 1. The van der Waals surface area contributed by atoms with Gasteiger partial charge in [-0.15, -0.1) is 5.10 Å². The predicted molar refractivity (Wildman–Crippen MR) is 56.8 cm³/mol. The summed E-state index contributed by atoms with van der Waals surface area (Å²) in [6.45, 7) is 1.83. The van der Waals surface area contributed by atoms with Gasteiger partial charge in [0.25, 0.3) is 5.91 Å². The van der Waals surface area contributed by atoms with Crippen molar-refractivity contribution in [2.24, 2.45) is 5.73 Å². The van der Waals surface area contributed by atoms with Crippen LogP contribution in [0.1, 0.15) is 16.1 Å². The number of aromatic nitrogens is 4. The van der Waals surface area contributed by atoms with Gasteiger partial charge in [0.1, 0.15) is 11.9 Å². The van der Waals surface area contributed by atoms with E-state index < -0.39 is 5.91 Å². The van der Waals surface area contributed by atoms with Crippen LogP contribution in [0.3, 0.4) is 0 Å². The second-order valence-electron chi connectivity index (χ2n) is 3.25. The first-order chi connectivity index (χ1) is 7.58. The minimum atomic E-state index is -0.616. The summed E-state index contributed by atoms with van der Waals surface area (Å²) in [7, 11) is 0. The average molecular weight is 218 g/mol. The lowest BCUT2D eigenvalue weighted by molar-refractivity contribution is 0.100. The third kappa shape index (κ3) is 1.70. The predicted octanol–water partition coefficient (Wildman–Crippen LogP) is -0.348. The molecule has 0 aromatic carbocycles. The van der Waals surface area contributed by atoms with Crippen LogP contribution in [0.15, 0.2) is 18.6 Å². The number of nitrogens with two attached hydrogens (primary N) is 2. The molecule has 4 N–H and O–H groups in total. The Hall–Kier alpha value is -2.44. The van der Waals surface area contributed by atoms with E-state index in [1.807, 2.05) is 6.92 Å². The Kier molecular flexibility index (Phi) is 2.28. The number of hydrogen-bond acceptors (Lipinski definition) is 5. The molecular weight excluding hydrogens is 208 g/mol. The zero-order valence-electron chi connectivity index (χ0n) is 8.58. The number of primary amides is 1. The van der Waals surface area contributed by atoms with Gasteiger partial charge in [-0.05, 0) is 6.92 Å². The van der Waals surface area contributed by atoms with E-state index in [0.717, 1.165) is 5.69 Å². The lowest BCUT2D eigenvalue weighted by atomic mass is 10.3. The van der Waals surface area contributed by atoms with Crippen molar-refractivity contribution in [3.05, 3.63) is 29.8 Å². The van der Waals surface area contributed by atoms with Crippen molar-refractivity contribution in [3.63, 3.8) is 0 Å². The van der Waals surface area contributed by atoms with Gasteiger partial charge in [0.15, 0.2) is 11.6 Å². The molecule has 7 heteroatoms. The molecule has 0 aliphatic heterocycles. The fourth-order valence-electron chi connectivity index (χ4n) is 1.26. The Morgan fingerprint density at radius 2 is 2.19 bits per heavy atom. The second-order valence-corrected chi connectivity index (χ2v) is 3.25. The van der Waals surface area contributed by atoms with E-state index in [-0.39, 0.29) is 11.4 Å². The molecule has 0 aliphatic rings. The van der Waals surface area contributed by atoms with E-state index >= 15 is 0 Å². The van der Waals surface area contributed by atoms with Gasteiger partial charge in [-0.3, -0.25) is 4.79 Å². The van der Waals surface area contributed by atoms with Crippen LogP contribution in [0.2, 0.25) is 0 Å². The van der Waals surface area contributed by atoms with Crippen LogP contribution >= 0.6 is 0 Å². The summed E-state index contributed by atoms with van der Waals surface area (Å²) < 4.78 is 1.39. The van der Waals surface area contributed by atoms with Gasteiger partial charge in [-0.2, -0.15) is 0 Å². The zero-order valence-corrected chi connectivity index (χ0v) is 8.58. The fourth-order valence-corrected chi connectivity index (χ4v) is 1.26. The Morgan fingerprint density at radius 1 is 1.44 bits per heavy atom. The maximum atomic E-state index is 11.0. The maximum absolute atomic E-state index is 11.0. The highest BCUT2D eigenvalue weighted by Crippen LogP contribution is 2.11. The molecule has 0 fully saturated rings. The van der Waals surface area contributed by atoms with Crippen LogP contribution in [-0.4, -0.2) is 25.7 Å². The lowest BCUT2D eigenvalue weighted by Crippen LogP contribution is -2.11. The third-order valence-electron chi connectivity index (χ3n) is 2.03. The highest BCUT2D eigenvalue weighted by molar-refractivity contribution is 5.96. The smallest absolute Gasteiger partial charge is 0.254 e. The standard InChI is InChI=1S/C9H10N6O/c1-5-2-7(13-4-12-5)15-3-6(9(11)16)8(10)14-15/h2-4H,1H3,(H2,10,14)(H2,11,16). The Balaban J connectivity index is 2.49. The molecule has 0 atom stereocenters. The Morgan fingerprint density at radius 3 is 2.75 bits per heavy atom. The average Bonchev–Trinajstić information content (AvgIpc) is 2.60. The van der Waals surface area contributed by atoms with Crippen molar-refractivity contribution >= 4 is 11.7 Å². The summed E-state index contributed by atoms with van der Waals surface area (Å²) in [6.07, 6.45) is 2.85. The van der Waals surface area contributed by atoms with Crippen LogP contribution in [-0.2, 0) is 0 Å². The van der Waals surface area contributed by atoms with Crippen molar-refractivity contribution in [1.29, 1.82) is 0 Å². The van der Waals surface area contributed by atoms with E-state index in [4.69, 9.17) is 11.5 Å². The normalized spacial score (nSPS) is 10.3. The molecule has 2 heterocycles. The largest absolute Gasteiger partial charge is 0.382 e. The van der Waals surface area contributed by atoms with E-state index in [1.165, 1.54) is 17.2 Å². The van der Waals surface area contributed by atoms with Crippen LogP contribution in [0.5, 0.6) is 0 Å². The molecule has 1 amide bonds. The first-order valence-corrected chi connectivity index (χ1v) is 4.52. The van der Waals surface area contributed by atoms with Crippen molar-refractivity contribution in [3.8, 4) is 5.82 Å². The molecule has 2 aromatic heterocycles. The molecule has 0 aliphatic carbocycles. The molecule has 0 bridgehead atoms. The topological polar surface area (TPSA) is 113 Å². The van der Waals surface area contributed by atoms with Gasteiger partial charge in [-0.1, -0.05) is 0 Å². The number of rotatable bonds is 2. The van der Waals surface area contributed by atoms with Crippen LogP contribution in [0, 0.1) is 6.92 Å². The van der Waals surface area contributed by atoms with Gasteiger partial charge < -0.3 is 11.5 Å². The molecule has 16 heavy (non-hydrogen) atoms. The lowest BCUT2D eigenvalue weighted by Gasteiger charge is -1.99. The molecular formula is C9H10N6O. The van der Waals surface area contributed by atoms with E-state index in [1.54, 1.807) is 6.07 Å². The van der Waals surface area contributed by atoms with Crippen molar-refractivity contribution in [1.82, 2.24) is 19.7 Å². The van der Waals surface area contributed by atoms with Gasteiger partial charge in [-0.25, -0.2) is 14.6 Å². The number of aryl methyl sites for hydroxylation is 1. The summed E-state index contributed by atoms with van der Waals surface area (Å²) in [5.41, 5.74) is 11.6. The van der Waals surface area contributed by atoms with Crippen molar-refractivity contribution < 1.29 is 4.79 Å². The summed E-state index contributed by atoms with van der Waals surface area (Å²) in [6, 6.07) is 1.72. The molecule has 2 rings (SSSR count). The minimum Gasteiger partial charge on any atom is -0.382 e. The van der Waals surface area contributed by atoms with Gasteiger partial charge in [0, 0.05) is 18.0 Å². The van der Waals surface area contributed by atoms with E-state index in [2.05, 4.69) is 15.1 Å². The first kappa shape index (κ1) is 10.1. The summed E-state index contributed by atoms with van der Waals surface area (Å²) in [4.78, 5) is 18.9. The van der Waals surface area contributed by atoms with Crippen molar-refractivity contribution in [2.45, 2.75) is 6.92 Å². The Labute approximate surface area is 91.1 Å². The molecule has 82 valence electrons. The Bertz CT molecular complexity index is 547. The summed E-state index contributed by atoms with van der Waals surface area (Å²) in [5.74, 6) is 0.00462. The van der Waals surface area contributed by atoms with Crippen LogP contribution in [0.4, 0.5) is 5.82 Å². The van der Waals surface area contributed by atoms with E-state index in [0.29, 0.717) is 5.82 Å². The monoisotopic (exact) mass is 218 g/mol. The minimum absolute atomic E-state index is 0.0868. The highest BCUT2D eigenvalue weighted by Gasteiger charge is 2.12. The summed E-state index contributed by atoms with van der Waals surface area (Å²) >= 11 is 0. The van der Waals surface area contributed by atoms with Gasteiger partial charge in [0.2, 0.25) is 0 Å². The molecule has 2 aromatic rings. The number of amides is 1. The highest BCUT2D eigenvalue weighted by atomic mass is 16.1. The number of carbonyl (C=O) groups is 1. The maximum Gasteiger partial charge on any atom is 0.254 e. The fraction of sp³-hybridized carbons (Fsp3) is 0.111. The molecule has 0 saturated carbocycles. The third-order valence-corrected chi connectivity index (χ3v) is 2.03. The SMILES string of the molecule is Cc1cc(-n2cc(C(N)=O)c(N)n2)ncn1. The quantitative estimate of drug-likeness (QED) is 0.715. The molecule has 7 nitrogen and oxygen atoms in total. The number of hydrogen-bond donors (Lipinski definition) is 2. The second kappa shape index (κ2) is 3.61. The molecule has 0 saturated heterocycles. The number of carbonyl (C=O) groups excluding carboxylic acids is 1. The zero-order chi connectivity index (χ0) is 11.7. The van der Waals surface area contributed by atoms with Gasteiger partial charge >= 0.3 is 0 Å².